The second kappa shape index (κ2) is 9.30. The lowest BCUT2D eigenvalue weighted by Crippen LogP contribution is -2.50. The van der Waals surface area contributed by atoms with E-state index in [0.717, 1.165) is 37.6 Å². The van der Waals surface area contributed by atoms with E-state index in [0.29, 0.717) is 18.2 Å². The van der Waals surface area contributed by atoms with Crippen LogP contribution in [0.1, 0.15) is 50.6 Å². The lowest BCUT2D eigenvalue weighted by Gasteiger charge is -2.33. The van der Waals surface area contributed by atoms with E-state index in [1.807, 2.05) is 25.1 Å². The van der Waals surface area contributed by atoms with Crippen molar-refractivity contribution in [3.05, 3.63) is 23.9 Å². The Morgan fingerprint density at radius 1 is 1.13 bits per heavy atom. The molecule has 0 radical (unpaired) electrons. The molecule has 4 aliphatic rings. The van der Waals surface area contributed by atoms with Crippen LogP contribution in [0, 0.1) is 0 Å². The van der Waals surface area contributed by atoms with Crippen molar-refractivity contribution in [1.29, 1.82) is 0 Å². The first-order valence-electron chi connectivity index (χ1n) is 10.9. The van der Waals surface area contributed by atoms with Crippen LogP contribution in [0.5, 0.6) is 5.88 Å². The Kier molecular flexibility index (Phi) is 6.68. The third-order valence-corrected chi connectivity index (χ3v) is 7.10. The van der Waals surface area contributed by atoms with Crippen molar-refractivity contribution >= 4 is 16.1 Å². The van der Waals surface area contributed by atoms with Crippen molar-refractivity contribution < 1.29 is 27.4 Å². The second-order valence-corrected chi connectivity index (χ2v) is 10.5. The van der Waals surface area contributed by atoms with Crippen LogP contribution >= 0.6 is 0 Å². The topological polar surface area (TPSA) is 107 Å². The molecule has 9 nitrogen and oxygen atoms in total. The zero-order chi connectivity index (χ0) is 22.0. The molecule has 10 heteroatoms. The van der Waals surface area contributed by atoms with Crippen LogP contribution in [0.2, 0.25) is 0 Å². The molecule has 4 bridgehead atoms. The molecule has 1 aromatic heterocycles. The predicted molar refractivity (Wildman–Crippen MR) is 114 cm³/mol. The number of pyridine rings is 1. The van der Waals surface area contributed by atoms with Crippen molar-refractivity contribution in [1.82, 2.24) is 14.6 Å². The Balaban J connectivity index is 1.54. The minimum Gasteiger partial charge on any atom is -0.474 e. The third kappa shape index (κ3) is 5.48. The number of aromatic nitrogens is 1. The van der Waals surface area contributed by atoms with E-state index >= 15 is 0 Å². The highest BCUT2D eigenvalue weighted by Crippen LogP contribution is 2.35. The number of carbonyl (C=O) groups is 1. The SMILES string of the molecule is C[C@@H]1C[C@H](NS(C)(=O)=O)C2COC3CCC(CC3)c3cccc(n3)OCCOC(=O)N21. The maximum atomic E-state index is 12.8. The number of nitrogens with zero attached hydrogens (tertiary/aromatic N) is 2. The van der Waals surface area contributed by atoms with Gasteiger partial charge in [-0.3, -0.25) is 4.90 Å². The summed E-state index contributed by atoms with van der Waals surface area (Å²) in [7, 11) is -3.42. The molecular weight excluding hydrogens is 422 g/mol. The normalized spacial score (nSPS) is 32.3. The van der Waals surface area contributed by atoms with Crippen molar-refractivity contribution in [2.45, 2.75) is 69.2 Å². The number of nitrogens with one attached hydrogen (secondary N) is 1. The highest BCUT2D eigenvalue weighted by Gasteiger charge is 2.44. The Morgan fingerprint density at radius 3 is 2.61 bits per heavy atom. The number of ether oxygens (including phenoxy) is 3. The number of amides is 1. The van der Waals surface area contributed by atoms with Gasteiger partial charge in [0, 0.05) is 29.8 Å². The molecule has 3 aliphatic heterocycles. The van der Waals surface area contributed by atoms with E-state index in [9.17, 15) is 13.2 Å². The summed E-state index contributed by atoms with van der Waals surface area (Å²) < 4.78 is 43.8. The summed E-state index contributed by atoms with van der Waals surface area (Å²) in [6.07, 6.45) is 4.97. The molecule has 0 aromatic carbocycles. The zero-order valence-corrected chi connectivity index (χ0v) is 18.8. The highest BCUT2D eigenvalue weighted by atomic mass is 32.2. The van der Waals surface area contributed by atoms with Crippen molar-refractivity contribution in [3.8, 4) is 5.88 Å². The first-order valence-corrected chi connectivity index (χ1v) is 12.8. The lowest BCUT2D eigenvalue weighted by atomic mass is 9.85. The molecule has 5 rings (SSSR count). The van der Waals surface area contributed by atoms with Crippen LogP contribution < -0.4 is 9.46 Å². The molecule has 2 fully saturated rings. The Labute approximate surface area is 183 Å². The fourth-order valence-corrected chi connectivity index (χ4v) is 5.72. The highest BCUT2D eigenvalue weighted by molar-refractivity contribution is 7.88. The number of sulfonamides is 1. The van der Waals surface area contributed by atoms with E-state index < -0.39 is 28.2 Å². The monoisotopic (exact) mass is 453 g/mol. The predicted octanol–water partition coefficient (Wildman–Crippen LogP) is 2.03. The van der Waals surface area contributed by atoms with Crippen molar-refractivity contribution in [3.63, 3.8) is 0 Å². The molecule has 1 aliphatic carbocycles. The summed E-state index contributed by atoms with van der Waals surface area (Å²) in [5.41, 5.74) is 1.02. The van der Waals surface area contributed by atoms with Crippen molar-refractivity contribution in [2.75, 3.05) is 26.1 Å². The van der Waals surface area contributed by atoms with Gasteiger partial charge < -0.3 is 14.2 Å². The van der Waals surface area contributed by atoms with Crippen LogP contribution in [0.25, 0.3) is 0 Å². The summed E-state index contributed by atoms with van der Waals surface area (Å²) in [6, 6.07) is 4.78. The van der Waals surface area contributed by atoms with Crippen LogP contribution in [-0.4, -0.2) is 74.7 Å². The molecule has 172 valence electrons. The van der Waals surface area contributed by atoms with Gasteiger partial charge in [-0.05, 0) is 45.1 Å². The van der Waals surface area contributed by atoms with Gasteiger partial charge in [0.25, 0.3) is 0 Å². The summed E-state index contributed by atoms with van der Waals surface area (Å²) >= 11 is 0. The molecule has 1 amide bonds. The summed E-state index contributed by atoms with van der Waals surface area (Å²) in [5, 5.41) is 0. The molecule has 1 saturated carbocycles. The third-order valence-electron chi connectivity index (χ3n) is 6.37. The van der Waals surface area contributed by atoms with Crippen LogP contribution in [0.4, 0.5) is 4.79 Å². The minimum absolute atomic E-state index is 0.0799. The van der Waals surface area contributed by atoms with Gasteiger partial charge in [-0.2, -0.15) is 0 Å². The molecule has 3 atom stereocenters. The summed E-state index contributed by atoms with van der Waals surface area (Å²) in [6.45, 7) is 2.45. The maximum Gasteiger partial charge on any atom is 0.410 e. The molecule has 1 N–H and O–H groups in total. The van der Waals surface area contributed by atoms with Crippen LogP contribution in [-0.2, 0) is 19.5 Å². The van der Waals surface area contributed by atoms with Gasteiger partial charge in [0.2, 0.25) is 15.9 Å². The standard InChI is InChI=1S/C21H31N3O6S/c1-14-12-18(23-31(2,26)27)19-13-30-16-8-6-15(7-9-16)17-4-3-5-20(22-17)28-10-11-29-21(25)24(14)19/h3-5,14-16,18-19,23H,6-13H2,1-2H3/t14-,15?,16?,18+,19?/m1/s1. The lowest BCUT2D eigenvalue weighted by molar-refractivity contribution is -0.0118. The number of carbonyl (C=O) groups excluding carboxylic acids is 1. The van der Waals surface area contributed by atoms with E-state index in [1.165, 1.54) is 0 Å². The van der Waals surface area contributed by atoms with E-state index in [2.05, 4.69) is 9.71 Å². The quantitative estimate of drug-likeness (QED) is 0.730. The maximum absolute atomic E-state index is 12.8. The molecule has 1 unspecified atom stereocenters. The smallest absolute Gasteiger partial charge is 0.410 e. The number of hydrogen-bond acceptors (Lipinski definition) is 7. The first kappa shape index (κ1) is 22.3. The molecule has 0 spiro atoms. The fourth-order valence-electron chi connectivity index (χ4n) is 4.92. The van der Waals surface area contributed by atoms with Crippen LogP contribution in [0.15, 0.2) is 18.2 Å². The van der Waals surface area contributed by atoms with E-state index in [4.69, 9.17) is 14.2 Å². The zero-order valence-electron chi connectivity index (χ0n) is 18.0. The van der Waals surface area contributed by atoms with Crippen LogP contribution in [0.3, 0.4) is 0 Å². The van der Waals surface area contributed by atoms with Gasteiger partial charge in [0.05, 0.1) is 25.0 Å². The van der Waals surface area contributed by atoms with E-state index in [-0.39, 0.29) is 32.0 Å². The molecule has 1 aromatic rings. The Hall–Kier alpha value is -1.91. The average Bonchev–Trinajstić information content (AvgIpc) is 3.02. The van der Waals surface area contributed by atoms with Gasteiger partial charge in [-0.25, -0.2) is 22.9 Å². The molecule has 1 saturated heterocycles. The number of hydrogen-bond donors (Lipinski definition) is 1. The summed E-state index contributed by atoms with van der Waals surface area (Å²) in [5.74, 6) is 0.903. The van der Waals surface area contributed by atoms with Gasteiger partial charge in [-0.1, -0.05) is 6.07 Å². The Morgan fingerprint density at radius 2 is 1.87 bits per heavy atom. The molecule has 31 heavy (non-hydrogen) atoms. The molecule has 4 heterocycles. The van der Waals surface area contributed by atoms with Gasteiger partial charge in [0.15, 0.2) is 0 Å². The largest absolute Gasteiger partial charge is 0.474 e. The van der Waals surface area contributed by atoms with E-state index in [1.54, 1.807) is 4.90 Å². The minimum atomic E-state index is -3.42. The molecular formula is C21H31N3O6S. The van der Waals surface area contributed by atoms with Gasteiger partial charge >= 0.3 is 6.09 Å². The van der Waals surface area contributed by atoms with Gasteiger partial charge in [0.1, 0.15) is 13.2 Å². The average molecular weight is 454 g/mol. The number of fused-ring (bicyclic) bond motifs is 7. The summed E-state index contributed by atoms with van der Waals surface area (Å²) in [4.78, 5) is 19.1. The first-order chi connectivity index (χ1) is 14.8. The second-order valence-electron chi connectivity index (χ2n) is 8.73. The fraction of sp³-hybridized carbons (Fsp3) is 0.714. The van der Waals surface area contributed by atoms with Gasteiger partial charge in [-0.15, -0.1) is 0 Å². The van der Waals surface area contributed by atoms with Crippen molar-refractivity contribution in [2.24, 2.45) is 0 Å². The number of rotatable bonds is 2. The Bertz CT molecular complexity index is 887.